The maximum Gasteiger partial charge on any atom is 0.328 e. The van der Waals surface area contributed by atoms with Crippen LogP contribution >= 0.6 is 0 Å². The molecule has 24 heavy (non-hydrogen) atoms. The molecule has 0 spiro atoms. The zero-order chi connectivity index (χ0) is 18.0. The zero-order valence-corrected chi connectivity index (χ0v) is 15.1. The van der Waals surface area contributed by atoms with E-state index in [1.807, 2.05) is 11.6 Å². The molecular weight excluding hydrogens is 328 g/mol. The van der Waals surface area contributed by atoms with E-state index in [-0.39, 0.29) is 10.7 Å². The van der Waals surface area contributed by atoms with Gasteiger partial charge in [-0.1, -0.05) is 37.0 Å². The summed E-state index contributed by atoms with van der Waals surface area (Å²) >= 11 is 0. The van der Waals surface area contributed by atoms with Crippen molar-refractivity contribution in [3.8, 4) is 0 Å². The smallest absolute Gasteiger partial charge is 0.328 e. The first-order valence-electron chi connectivity index (χ1n) is 8.18. The molecule has 0 radical (unpaired) electrons. The molecule has 6 nitrogen and oxygen atoms in total. The van der Waals surface area contributed by atoms with Crippen LogP contribution in [0.25, 0.3) is 0 Å². The van der Waals surface area contributed by atoms with Crippen LogP contribution in [0.2, 0.25) is 0 Å². The molecule has 0 aliphatic carbocycles. The summed E-state index contributed by atoms with van der Waals surface area (Å²) in [6.45, 7) is 3.87. The average Bonchev–Trinajstić information content (AvgIpc) is 2.49. The van der Waals surface area contributed by atoms with E-state index in [1.54, 1.807) is 19.1 Å². The standard InChI is InChI=1S/C17H26N2O4S/c1-14-9-11-16(12-10-14)24(22,23)19-17(21)18-13-7-5-3-4-6-8-15(2)20/h9-12H,3-8,13H2,1-2H3,(H2,18,19,21). The number of unbranched alkanes of at least 4 members (excludes halogenated alkanes) is 4. The third-order valence-electron chi connectivity index (χ3n) is 3.55. The molecule has 0 unspecified atom stereocenters. The van der Waals surface area contributed by atoms with Crippen molar-refractivity contribution in [2.24, 2.45) is 0 Å². The van der Waals surface area contributed by atoms with Gasteiger partial charge in [-0.25, -0.2) is 17.9 Å². The van der Waals surface area contributed by atoms with Gasteiger partial charge in [0.15, 0.2) is 0 Å². The minimum Gasteiger partial charge on any atom is -0.337 e. The van der Waals surface area contributed by atoms with Crippen molar-refractivity contribution in [2.45, 2.75) is 57.3 Å². The van der Waals surface area contributed by atoms with Gasteiger partial charge in [0, 0.05) is 13.0 Å². The lowest BCUT2D eigenvalue weighted by Gasteiger charge is -2.09. The number of nitrogens with one attached hydrogen (secondary N) is 2. The summed E-state index contributed by atoms with van der Waals surface area (Å²) in [5.74, 6) is 0.211. The Morgan fingerprint density at radius 3 is 2.17 bits per heavy atom. The van der Waals surface area contributed by atoms with Crippen LogP contribution < -0.4 is 10.0 Å². The number of rotatable bonds is 10. The highest BCUT2D eigenvalue weighted by atomic mass is 32.2. The molecule has 0 heterocycles. The van der Waals surface area contributed by atoms with Crippen LogP contribution in [0, 0.1) is 6.92 Å². The third kappa shape index (κ3) is 8.10. The van der Waals surface area contributed by atoms with Crippen LogP contribution in [0.15, 0.2) is 29.2 Å². The Balaban J connectivity index is 2.22. The molecule has 7 heteroatoms. The van der Waals surface area contributed by atoms with Gasteiger partial charge in [0.2, 0.25) is 0 Å². The van der Waals surface area contributed by atoms with E-state index >= 15 is 0 Å². The second-order valence-electron chi connectivity index (χ2n) is 5.89. The van der Waals surface area contributed by atoms with Crippen LogP contribution in [0.1, 0.15) is 51.0 Å². The number of carbonyl (C=O) groups is 2. The molecule has 0 saturated carbocycles. The first-order chi connectivity index (χ1) is 11.3. The highest BCUT2D eigenvalue weighted by Gasteiger charge is 2.16. The Hall–Kier alpha value is -1.89. The normalized spacial score (nSPS) is 11.1. The fraction of sp³-hybridized carbons (Fsp3) is 0.529. The number of hydrogen-bond acceptors (Lipinski definition) is 4. The van der Waals surface area contributed by atoms with Crippen molar-refractivity contribution in [1.29, 1.82) is 0 Å². The minimum atomic E-state index is -3.83. The fourth-order valence-electron chi connectivity index (χ4n) is 2.17. The largest absolute Gasteiger partial charge is 0.337 e. The summed E-state index contributed by atoms with van der Waals surface area (Å²) in [6, 6.07) is 5.57. The van der Waals surface area contributed by atoms with Gasteiger partial charge < -0.3 is 10.1 Å². The molecule has 134 valence electrons. The van der Waals surface area contributed by atoms with Gasteiger partial charge in [-0.2, -0.15) is 0 Å². The Labute approximate surface area is 144 Å². The van der Waals surface area contributed by atoms with E-state index in [9.17, 15) is 18.0 Å². The SMILES string of the molecule is CC(=O)CCCCCCCNC(=O)NS(=O)(=O)c1ccc(C)cc1. The van der Waals surface area contributed by atoms with E-state index in [0.717, 1.165) is 37.7 Å². The maximum atomic E-state index is 12.0. The van der Waals surface area contributed by atoms with Gasteiger partial charge in [0.1, 0.15) is 5.78 Å². The number of ketones is 1. The molecule has 0 aliphatic heterocycles. The molecule has 0 aromatic heterocycles. The molecule has 0 aliphatic rings. The summed E-state index contributed by atoms with van der Waals surface area (Å²) < 4.78 is 26.0. The predicted octanol–water partition coefficient (Wildman–Crippen LogP) is 2.91. The molecule has 0 bridgehead atoms. The van der Waals surface area contributed by atoms with Crippen LogP contribution in [-0.2, 0) is 14.8 Å². The maximum absolute atomic E-state index is 12.0. The summed E-state index contributed by atoms with van der Waals surface area (Å²) in [5, 5.41) is 2.55. The highest BCUT2D eigenvalue weighted by molar-refractivity contribution is 7.90. The number of Topliss-reactive ketones (excluding diaryl/α,β-unsaturated/α-hetero) is 1. The molecule has 0 atom stereocenters. The second-order valence-corrected chi connectivity index (χ2v) is 7.58. The fourth-order valence-corrected chi connectivity index (χ4v) is 3.09. The van der Waals surface area contributed by atoms with Crippen LogP contribution in [0.3, 0.4) is 0 Å². The Morgan fingerprint density at radius 2 is 1.54 bits per heavy atom. The monoisotopic (exact) mass is 354 g/mol. The molecule has 2 amide bonds. The van der Waals surface area contributed by atoms with Crippen molar-refractivity contribution < 1.29 is 18.0 Å². The lowest BCUT2D eigenvalue weighted by Crippen LogP contribution is -2.39. The summed E-state index contributed by atoms with van der Waals surface area (Å²) in [7, 11) is -3.83. The lowest BCUT2D eigenvalue weighted by molar-refractivity contribution is -0.117. The average molecular weight is 354 g/mol. The zero-order valence-electron chi connectivity index (χ0n) is 14.3. The summed E-state index contributed by atoms with van der Waals surface area (Å²) in [4.78, 5) is 22.5. The minimum absolute atomic E-state index is 0.0636. The van der Waals surface area contributed by atoms with Gasteiger partial charge in [0.25, 0.3) is 10.0 Å². The van der Waals surface area contributed by atoms with Gasteiger partial charge in [-0.3, -0.25) is 0 Å². The van der Waals surface area contributed by atoms with Crippen LogP contribution in [0.4, 0.5) is 4.79 Å². The van der Waals surface area contributed by atoms with Crippen LogP contribution in [0.5, 0.6) is 0 Å². The predicted molar refractivity (Wildman–Crippen MR) is 93.3 cm³/mol. The third-order valence-corrected chi connectivity index (χ3v) is 4.90. The van der Waals surface area contributed by atoms with Gasteiger partial charge in [-0.05, 0) is 38.8 Å². The molecule has 2 N–H and O–H groups in total. The number of sulfonamides is 1. The number of hydrogen-bond donors (Lipinski definition) is 2. The summed E-state index contributed by atoms with van der Waals surface area (Å²) in [5.41, 5.74) is 0.946. The van der Waals surface area contributed by atoms with Crippen molar-refractivity contribution in [1.82, 2.24) is 10.0 Å². The molecule has 1 aromatic rings. The summed E-state index contributed by atoms with van der Waals surface area (Å²) in [6.07, 6.45) is 5.22. The number of benzene rings is 1. The molecule has 0 fully saturated rings. The molecule has 1 aromatic carbocycles. The Bertz CT molecular complexity index is 639. The second kappa shape index (κ2) is 10.1. The van der Waals surface area contributed by atoms with Gasteiger partial charge in [0.05, 0.1) is 4.90 Å². The lowest BCUT2D eigenvalue weighted by atomic mass is 10.1. The van der Waals surface area contributed by atoms with Crippen molar-refractivity contribution in [2.75, 3.05) is 6.54 Å². The van der Waals surface area contributed by atoms with Crippen molar-refractivity contribution in [3.05, 3.63) is 29.8 Å². The number of urea groups is 1. The van der Waals surface area contributed by atoms with E-state index in [0.29, 0.717) is 13.0 Å². The quantitative estimate of drug-likeness (QED) is 0.632. The molecule has 0 saturated heterocycles. The number of aryl methyl sites for hydroxylation is 1. The molecular formula is C17H26N2O4S. The van der Waals surface area contributed by atoms with Crippen LogP contribution in [-0.4, -0.2) is 26.8 Å². The highest BCUT2D eigenvalue weighted by Crippen LogP contribution is 2.09. The van der Waals surface area contributed by atoms with Gasteiger partial charge in [-0.15, -0.1) is 0 Å². The Kier molecular flexibility index (Phi) is 8.46. The first-order valence-corrected chi connectivity index (χ1v) is 9.66. The Morgan fingerprint density at radius 1 is 0.958 bits per heavy atom. The van der Waals surface area contributed by atoms with Crippen molar-refractivity contribution in [3.63, 3.8) is 0 Å². The topological polar surface area (TPSA) is 92.3 Å². The molecule has 1 rings (SSSR count). The van der Waals surface area contributed by atoms with E-state index in [2.05, 4.69) is 5.32 Å². The first kappa shape index (κ1) is 20.2. The van der Waals surface area contributed by atoms with E-state index in [1.165, 1.54) is 12.1 Å². The van der Waals surface area contributed by atoms with Crippen molar-refractivity contribution >= 4 is 21.8 Å². The van der Waals surface area contributed by atoms with Gasteiger partial charge >= 0.3 is 6.03 Å². The van der Waals surface area contributed by atoms with E-state index < -0.39 is 16.1 Å². The number of amides is 2. The number of carbonyl (C=O) groups excluding carboxylic acids is 2. The van der Waals surface area contributed by atoms with E-state index in [4.69, 9.17) is 0 Å².